The Hall–Kier alpha value is -2.22. The molecular weight excluding hydrogens is 511 g/mol. The third-order valence-corrected chi connectivity index (χ3v) is 5.12. The predicted octanol–water partition coefficient (Wildman–Crippen LogP) is 5.85. The van der Waals surface area contributed by atoms with E-state index in [0.717, 1.165) is 5.56 Å². The fraction of sp³-hybridized carbons (Fsp3) is 0.273. The number of esters is 2. The average molecular weight is 532 g/mol. The van der Waals surface area contributed by atoms with E-state index >= 15 is 0 Å². The molecule has 2 rings (SSSR count). The first kappa shape index (κ1) is 25.0. The van der Waals surface area contributed by atoms with Gasteiger partial charge in [-0.15, -0.1) is 0 Å². The van der Waals surface area contributed by atoms with Crippen LogP contribution in [0.5, 0.6) is 11.5 Å². The van der Waals surface area contributed by atoms with Crippen LogP contribution < -0.4 is 9.47 Å². The van der Waals surface area contributed by atoms with Gasteiger partial charge in [-0.3, -0.25) is 0 Å². The van der Waals surface area contributed by atoms with Gasteiger partial charge in [0, 0.05) is 15.6 Å². The highest BCUT2D eigenvalue weighted by atomic mass is 79.9. The van der Waals surface area contributed by atoms with Gasteiger partial charge in [0.15, 0.2) is 11.5 Å². The molecule has 0 aliphatic rings. The van der Waals surface area contributed by atoms with E-state index < -0.39 is 11.9 Å². The minimum Gasteiger partial charge on any atom is -0.493 e. The number of rotatable bonds is 9. The Balaban J connectivity index is 2.36. The van der Waals surface area contributed by atoms with Gasteiger partial charge >= 0.3 is 11.9 Å². The van der Waals surface area contributed by atoms with Crippen LogP contribution in [0.25, 0.3) is 6.08 Å². The molecule has 2 aromatic rings. The maximum atomic E-state index is 12.2. The molecule has 0 saturated heterocycles. The molecule has 0 fully saturated rings. The van der Waals surface area contributed by atoms with Gasteiger partial charge in [-0.05, 0) is 65.7 Å². The fourth-order valence-corrected chi connectivity index (χ4v) is 3.57. The Labute approximate surface area is 199 Å². The SMILES string of the molecule is CCOC(=O)C(=Cc1cc(Br)c(OCc2ccc(Cl)cc2Cl)c(OC)c1)C(=O)OCC. The van der Waals surface area contributed by atoms with Crippen molar-refractivity contribution in [1.82, 2.24) is 0 Å². The first-order chi connectivity index (χ1) is 14.8. The van der Waals surface area contributed by atoms with Crippen molar-refractivity contribution in [3.05, 3.63) is 61.5 Å². The van der Waals surface area contributed by atoms with E-state index in [0.29, 0.717) is 31.6 Å². The lowest BCUT2D eigenvalue weighted by atomic mass is 10.1. The van der Waals surface area contributed by atoms with Gasteiger partial charge in [-0.25, -0.2) is 9.59 Å². The van der Waals surface area contributed by atoms with Gasteiger partial charge in [0.2, 0.25) is 0 Å². The van der Waals surface area contributed by atoms with Crippen molar-refractivity contribution < 1.29 is 28.5 Å². The van der Waals surface area contributed by atoms with E-state index in [4.69, 9.17) is 42.1 Å². The monoisotopic (exact) mass is 530 g/mol. The largest absolute Gasteiger partial charge is 0.493 e. The van der Waals surface area contributed by atoms with Crippen molar-refractivity contribution in [2.24, 2.45) is 0 Å². The summed E-state index contributed by atoms with van der Waals surface area (Å²) in [5.41, 5.74) is 1.03. The minimum absolute atomic E-state index is 0.128. The number of methoxy groups -OCH3 is 1. The Morgan fingerprint density at radius 2 is 1.68 bits per heavy atom. The molecule has 0 radical (unpaired) electrons. The van der Waals surface area contributed by atoms with Crippen LogP contribution >= 0.6 is 39.1 Å². The second-order valence-corrected chi connectivity index (χ2v) is 7.76. The Morgan fingerprint density at radius 1 is 1.03 bits per heavy atom. The molecule has 31 heavy (non-hydrogen) atoms. The van der Waals surface area contributed by atoms with E-state index in [2.05, 4.69) is 15.9 Å². The minimum atomic E-state index is -0.770. The highest BCUT2D eigenvalue weighted by Gasteiger charge is 2.22. The number of hydrogen-bond donors (Lipinski definition) is 0. The Bertz CT molecular complexity index is 970. The summed E-state index contributed by atoms with van der Waals surface area (Å²) in [4.78, 5) is 24.4. The smallest absolute Gasteiger partial charge is 0.345 e. The molecule has 0 N–H and O–H groups in total. The second-order valence-electron chi connectivity index (χ2n) is 6.06. The molecule has 0 aliphatic carbocycles. The van der Waals surface area contributed by atoms with Crippen LogP contribution in [0.1, 0.15) is 25.0 Å². The molecule has 9 heteroatoms. The third-order valence-electron chi connectivity index (χ3n) is 3.94. The summed E-state index contributed by atoms with van der Waals surface area (Å²) >= 11 is 15.6. The van der Waals surface area contributed by atoms with Crippen molar-refractivity contribution in [3.63, 3.8) is 0 Å². The van der Waals surface area contributed by atoms with Crippen LogP contribution in [0, 0.1) is 0 Å². The van der Waals surface area contributed by atoms with Gasteiger partial charge in [-0.1, -0.05) is 29.3 Å². The van der Waals surface area contributed by atoms with Gasteiger partial charge in [0.05, 0.1) is 24.8 Å². The predicted molar refractivity (Wildman–Crippen MR) is 123 cm³/mol. The number of carbonyl (C=O) groups excluding carboxylic acids is 2. The summed E-state index contributed by atoms with van der Waals surface area (Å²) in [7, 11) is 1.48. The Morgan fingerprint density at radius 3 is 2.23 bits per heavy atom. The van der Waals surface area contributed by atoms with Gasteiger partial charge in [0.25, 0.3) is 0 Å². The molecule has 6 nitrogen and oxygen atoms in total. The van der Waals surface area contributed by atoms with Crippen molar-refractivity contribution in [3.8, 4) is 11.5 Å². The fourth-order valence-electron chi connectivity index (χ4n) is 2.54. The summed E-state index contributed by atoms with van der Waals surface area (Å²) in [6.45, 7) is 3.74. The molecular formula is C22H21BrCl2O6. The number of halogens is 3. The quantitative estimate of drug-likeness (QED) is 0.175. The first-order valence-electron chi connectivity index (χ1n) is 9.30. The van der Waals surface area contributed by atoms with Crippen LogP contribution in [0.3, 0.4) is 0 Å². The number of hydrogen-bond acceptors (Lipinski definition) is 6. The summed E-state index contributed by atoms with van der Waals surface area (Å²) in [5.74, 6) is -0.722. The standard InChI is InChI=1S/C22H21BrCl2O6/c1-4-29-21(26)16(22(27)30-5-2)8-13-9-17(23)20(19(10-13)28-3)31-12-14-6-7-15(24)11-18(14)25/h6-11H,4-5,12H2,1-3H3. The van der Waals surface area contributed by atoms with E-state index in [9.17, 15) is 9.59 Å². The maximum Gasteiger partial charge on any atom is 0.345 e. The molecule has 0 aliphatic heterocycles. The highest BCUT2D eigenvalue weighted by Crippen LogP contribution is 2.38. The normalized spacial score (nSPS) is 10.3. The molecule has 0 unspecified atom stereocenters. The maximum absolute atomic E-state index is 12.2. The molecule has 0 saturated carbocycles. The zero-order chi connectivity index (χ0) is 23.0. The van der Waals surface area contributed by atoms with Crippen molar-refractivity contribution in [2.45, 2.75) is 20.5 Å². The zero-order valence-electron chi connectivity index (χ0n) is 17.2. The van der Waals surface area contributed by atoms with Crippen LogP contribution in [-0.4, -0.2) is 32.3 Å². The lowest BCUT2D eigenvalue weighted by Gasteiger charge is -2.15. The van der Waals surface area contributed by atoms with Crippen LogP contribution in [0.15, 0.2) is 40.4 Å². The van der Waals surface area contributed by atoms with Gasteiger partial charge in [-0.2, -0.15) is 0 Å². The zero-order valence-corrected chi connectivity index (χ0v) is 20.3. The van der Waals surface area contributed by atoms with E-state index in [1.165, 1.54) is 13.2 Å². The summed E-state index contributed by atoms with van der Waals surface area (Å²) in [6.07, 6.45) is 1.38. The number of ether oxygens (including phenoxy) is 4. The molecule has 0 spiro atoms. The number of benzene rings is 2. The van der Waals surface area contributed by atoms with Gasteiger partial charge < -0.3 is 18.9 Å². The lowest BCUT2D eigenvalue weighted by molar-refractivity contribution is -0.146. The molecule has 0 heterocycles. The Kier molecular flexibility index (Phi) is 9.68. The first-order valence-corrected chi connectivity index (χ1v) is 10.9. The highest BCUT2D eigenvalue weighted by molar-refractivity contribution is 9.10. The molecule has 0 atom stereocenters. The third kappa shape index (κ3) is 6.89. The van der Waals surface area contributed by atoms with E-state index in [1.54, 1.807) is 44.2 Å². The number of carbonyl (C=O) groups is 2. The van der Waals surface area contributed by atoms with Crippen LogP contribution in [0.2, 0.25) is 10.0 Å². The molecule has 0 amide bonds. The molecule has 2 aromatic carbocycles. The van der Waals surface area contributed by atoms with E-state index in [-0.39, 0.29) is 25.4 Å². The summed E-state index contributed by atoms with van der Waals surface area (Å²) in [5, 5.41) is 1.01. The second kappa shape index (κ2) is 12.0. The van der Waals surface area contributed by atoms with Crippen molar-refractivity contribution in [2.75, 3.05) is 20.3 Å². The van der Waals surface area contributed by atoms with Crippen molar-refractivity contribution in [1.29, 1.82) is 0 Å². The molecule has 166 valence electrons. The molecule has 0 bridgehead atoms. The topological polar surface area (TPSA) is 71.1 Å². The average Bonchev–Trinajstić information content (AvgIpc) is 2.72. The van der Waals surface area contributed by atoms with Gasteiger partial charge in [0.1, 0.15) is 12.2 Å². The summed E-state index contributed by atoms with van der Waals surface area (Å²) < 4.78 is 21.8. The van der Waals surface area contributed by atoms with Crippen LogP contribution in [0.4, 0.5) is 0 Å². The summed E-state index contributed by atoms with van der Waals surface area (Å²) in [6, 6.07) is 8.43. The van der Waals surface area contributed by atoms with Crippen molar-refractivity contribution >= 4 is 57.1 Å². The van der Waals surface area contributed by atoms with E-state index in [1.807, 2.05) is 0 Å². The lowest BCUT2D eigenvalue weighted by Crippen LogP contribution is -2.18. The van der Waals surface area contributed by atoms with Crippen LogP contribution in [-0.2, 0) is 25.7 Å². The molecule has 0 aromatic heterocycles.